The predicted molar refractivity (Wildman–Crippen MR) is 73.0 cm³/mol. The van der Waals surface area contributed by atoms with Gasteiger partial charge in [0.05, 0.1) is 5.69 Å². The Labute approximate surface area is 116 Å². The summed E-state index contributed by atoms with van der Waals surface area (Å²) in [6, 6.07) is 1.80. The number of aryl methyl sites for hydroxylation is 1. The number of hydrogen-bond donors (Lipinski definition) is 0. The quantitative estimate of drug-likeness (QED) is 0.855. The van der Waals surface area contributed by atoms with Gasteiger partial charge in [0, 0.05) is 31.4 Å². The van der Waals surface area contributed by atoms with Crippen LogP contribution in [-0.2, 0) is 6.42 Å². The van der Waals surface area contributed by atoms with Gasteiger partial charge in [0.1, 0.15) is 12.2 Å². The molecule has 6 heteroatoms. The summed E-state index contributed by atoms with van der Waals surface area (Å²) in [5, 5.41) is 0. The zero-order chi connectivity index (χ0) is 13.9. The van der Waals surface area contributed by atoms with E-state index in [0.29, 0.717) is 24.5 Å². The van der Waals surface area contributed by atoms with Gasteiger partial charge in [-0.25, -0.2) is 24.3 Å². The Bertz CT molecular complexity index is 589. The number of rotatable bonds is 3. The minimum absolute atomic E-state index is 0.232. The maximum atomic E-state index is 14.3. The molecule has 0 saturated carbocycles. The Balaban J connectivity index is 1.81. The average molecular weight is 273 g/mol. The fourth-order valence-corrected chi connectivity index (χ4v) is 2.55. The van der Waals surface area contributed by atoms with E-state index in [9.17, 15) is 4.39 Å². The first-order valence-electron chi connectivity index (χ1n) is 6.80. The first kappa shape index (κ1) is 12.9. The van der Waals surface area contributed by atoms with Crippen LogP contribution in [0.1, 0.15) is 30.8 Å². The van der Waals surface area contributed by atoms with Crippen LogP contribution in [0, 0.1) is 5.82 Å². The molecule has 2 aromatic rings. The number of halogens is 1. The smallest absolute Gasteiger partial charge is 0.187 e. The van der Waals surface area contributed by atoms with Crippen LogP contribution < -0.4 is 4.90 Å². The summed E-state index contributed by atoms with van der Waals surface area (Å²) >= 11 is 0. The Morgan fingerprint density at radius 3 is 2.80 bits per heavy atom. The minimum atomic E-state index is -0.301. The van der Waals surface area contributed by atoms with Crippen LogP contribution in [0.25, 0.3) is 0 Å². The molecule has 0 amide bonds. The lowest BCUT2D eigenvalue weighted by atomic mass is 10.1. The lowest BCUT2D eigenvalue weighted by Gasteiger charge is -2.18. The van der Waals surface area contributed by atoms with Crippen LogP contribution in [0.15, 0.2) is 24.8 Å². The molecule has 1 aliphatic rings. The molecule has 1 atom stereocenters. The maximum absolute atomic E-state index is 14.3. The summed E-state index contributed by atoms with van der Waals surface area (Å²) in [6.07, 6.45) is 6.40. The number of anilines is 1. The highest BCUT2D eigenvalue weighted by atomic mass is 19.1. The SMILES string of the molecule is CCc1ncnc(N2CC[C@H](c3ncccn3)C2)c1F. The molecule has 1 saturated heterocycles. The molecular formula is C14H16FN5. The zero-order valence-corrected chi connectivity index (χ0v) is 11.3. The molecule has 5 nitrogen and oxygen atoms in total. The highest BCUT2D eigenvalue weighted by Gasteiger charge is 2.28. The molecule has 0 aliphatic carbocycles. The molecule has 2 aromatic heterocycles. The van der Waals surface area contributed by atoms with Gasteiger partial charge in [-0.15, -0.1) is 0 Å². The molecule has 0 N–H and O–H groups in total. The fraction of sp³-hybridized carbons (Fsp3) is 0.429. The molecule has 0 radical (unpaired) electrons. The van der Waals surface area contributed by atoms with Crippen molar-refractivity contribution in [3.05, 3.63) is 42.1 Å². The highest BCUT2D eigenvalue weighted by molar-refractivity contribution is 5.43. The second-order valence-electron chi connectivity index (χ2n) is 4.85. The molecule has 1 fully saturated rings. The van der Waals surface area contributed by atoms with E-state index in [1.807, 2.05) is 11.8 Å². The lowest BCUT2D eigenvalue weighted by molar-refractivity contribution is 0.588. The summed E-state index contributed by atoms with van der Waals surface area (Å²) in [6.45, 7) is 3.35. The first-order valence-corrected chi connectivity index (χ1v) is 6.80. The Hall–Kier alpha value is -2.11. The van der Waals surface area contributed by atoms with E-state index in [-0.39, 0.29) is 11.7 Å². The summed E-state index contributed by atoms with van der Waals surface area (Å²) in [4.78, 5) is 18.6. The molecule has 0 bridgehead atoms. The summed E-state index contributed by atoms with van der Waals surface area (Å²) in [5.41, 5.74) is 0.467. The summed E-state index contributed by atoms with van der Waals surface area (Å²) in [7, 11) is 0. The fourth-order valence-electron chi connectivity index (χ4n) is 2.55. The van der Waals surface area contributed by atoms with Gasteiger partial charge in [0.2, 0.25) is 0 Å². The average Bonchev–Trinajstić information content (AvgIpc) is 2.98. The Morgan fingerprint density at radius 1 is 1.25 bits per heavy atom. The van der Waals surface area contributed by atoms with Gasteiger partial charge < -0.3 is 4.90 Å². The second kappa shape index (κ2) is 5.48. The Kier molecular flexibility index (Phi) is 3.54. The largest absolute Gasteiger partial charge is 0.353 e. The second-order valence-corrected chi connectivity index (χ2v) is 4.85. The number of nitrogens with zero attached hydrogens (tertiary/aromatic N) is 5. The number of aromatic nitrogens is 4. The van der Waals surface area contributed by atoms with Gasteiger partial charge in [-0.2, -0.15) is 0 Å². The van der Waals surface area contributed by atoms with E-state index >= 15 is 0 Å². The third-order valence-corrected chi connectivity index (χ3v) is 3.62. The van der Waals surface area contributed by atoms with Gasteiger partial charge in [-0.1, -0.05) is 6.92 Å². The van der Waals surface area contributed by atoms with Crippen molar-refractivity contribution in [3.63, 3.8) is 0 Å². The minimum Gasteiger partial charge on any atom is -0.353 e. The van der Waals surface area contributed by atoms with E-state index < -0.39 is 0 Å². The standard InChI is InChI=1S/C14H16FN5/c1-2-11-12(15)14(19-9-18-11)20-7-4-10(8-20)13-16-5-3-6-17-13/h3,5-6,9-10H,2,4,7-8H2,1H3/t10-/m0/s1. The van der Waals surface area contributed by atoms with Gasteiger partial charge in [-0.3, -0.25) is 0 Å². The predicted octanol–water partition coefficient (Wildman–Crippen LogP) is 1.96. The summed E-state index contributed by atoms with van der Waals surface area (Å²) in [5.74, 6) is 1.15. The molecule has 0 spiro atoms. The zero-order valence-electron chi connectivity index (χ0n) is 11.3. The molecule has 0 aromatic carbocycles. The van der Waals surface area contributed by atoms with Crippen LogP contribution >= 0.6 is 0 Å². The first-order chi connectivity index (χ1) is 9.79. The van der Waals surface area contributed by atoms with Crippen LogP contribution in [0.2, 0.25) is 0 Å². The van der Waals surface area contributed by atoms with E-state index in [2.05, 4.69) is 19.9 Å². The van der Waals surface area contributed by atoms with Crippen molar-refractivity contribution >= 4 is 5.82 Å². The molecule has 0 unspecified atom stereocenters. The molecule has 20 heavy (non-hydrogen) atoms. The van der Waals surface area contributed by atoms with Gasteiger partial charge in [-0.05, 0) is 18.9 Å². The topological polar surface area (TPSA) is 54.8 Å². The summed E-state index contributed by atoms with van der Waals surface area (Å²) < 4.78 is 14.3. The lowest BCUT2D eigenvalue weighted by Crippen LogP contribution is -2.23. The van der Waals surface area contributed by atoms with Crippen molar-refractivity contribution < 1.29 is 4.39 Å². The maximum Gasteiger partial charge on any atom is 0.187 e. The van der Waals surface area contributed by atoms with E-state index in [1.165, 1.54) is 6.33 Å². The van der Waals surface area contributed by atoms with Crippen LogP contribution in [0.5, 0.6) is 0 Å². The van der Waals surface area contributed by atoms with Crippen molar-refractivity contribution in [3.8, 4) is 0 Å². The van der Waals surface area contributed by atoms with Crippen molar-refractivity contribution in [2.45, 2.75) is 25.7 Å². The van der Waals surface area contributed by atoms with E-state index in [4.69, 9.17) is 0 Å². The molecule has 104 valence electrons. The Morgan fingerprint density at radius 2 is 2.05 bits per heavy atom. The van der Waals surface area contributed by atoms with Crippen molar-refractivity contribution in [1.29, 1.82) is 0 Å². The van der Waals surface area contributed by atoms with Crippen molar-refractivity contribution in [1.82, 2.24) is 19.9 Å². The van der Waals surface area contributed by atoms with Crippen molar-refractivity contribution in [2.75, 3.05) is 18.0 Å². The normalized spacial score (nSPS) is 18.5. The monoisotopic (exact) mass is 273 g/mol. The molecule has 1 aliphatic heterocycles. The third kappa shape index (κ3) is 2.33. The van der Waals surface area contributed by atoms with E-state index in [1.54, 1.807) is 18.5 Å². The van der Waals surface area contributed by atoms with E-state index in [0.717, 1.165) is 18.8 Å². The van der Waals surface area contributed by atoms with Crippen LogP contribution in [0.4, 0.5) is 10.2 Å². The van der Waals surface area contributed by atoms with Gasteiger partial charge in [0.15, 0.2) is 11.6 Å². The van der Waals surface area contributed by atoms with Crippen LogP contribution in [0.3, 0.4) is 0 Å². The number of hydrogen-bond acceptors (Lipinski definition) is 5. The highest BCUT2D eigenvalue weighted by Crippen LogP contribution is 2.29. The molecule has 3 heterocycles. The van der Waals surface area contributed by atoms with Gasteiger partial charge >= 0.3 is 0 Å². The molecular weight excluding hydrogens is 257 g/mol. The van der Waals surface area contributed by atoms with Gasteiger partial charge in [0.25, 0.3) is 0 Å². The van der Waals surface area contributed by atoms with Crippen molar-refractivity contribution in [2.24, 2.45) is 0 Å². The third-order valence-electron chi connectivity index (χ3n) is 3.62. The van der Waals surface area contributed by atoms with Crippen LogP contribution in [-0.4, -0.2) is 33.0 Å². The molecule has 3 rings (SSSR count).